The summed E-state index contributed by atoms with van der Waals surface area (Å²) in [6, 6.07) is 12.7. The first kappa shape index (κ1) is 19.8. The van der Waals surface area contributed by atoms with Crippen LogP contribution in [0.4, 0.5) is 5.69 Å². The normalized spacial score (nSPS) is 13.1. The van der Waals surface area contributed by atoms with Gasteiger partial charge in [-0.2, -0.15) is 0 Å². The lowest BCUT2D eigenvalue weighted by molar-refractivity contribution is -0.116. The maximum absolute atomic E-state index is 12.5. The number of thioether (sulfide) groups is 1. The van der Waals surface area contributed by atoms with E-state index in [1.54, 1.807) is 42.5 Å². The molecule has 0 atom stereocenters. The van der Waals surface area contributed by atoms with Crippen LogP contribution in [0.3, 0.4) is 0 Å². The maximum atomic E-state index is 12.5. The Morgan fingerprint density at radius 3 is 2.79 bits per heavy atom. The van der Waals surface area contributed by atoms with Crippen LogP contribution in [0.5, 0.6) is 5.75 Å². The van der Waals surface area contributed by atoms with Crippen LogP contribution in [0.15, 0.2) is 53.6 Å². The van der Waals surface area contributed by atoms with Crippen LogP contribution in [-0.2, 0) is 16.1 Å². The molecule has 0 fully saturated rings. The third-order valence-electron chi connectivity index (χ3n) is 4.21. The summed E-state index contributed by atoms with van der Waals surface area (Å²) in [7, 11) is 1.60. The van der Waals surface area contributed by atoms with Gasteiger partial charge >= 0.3 is 0 Å². The highest BCUT2D eigenvalue weighted by atomic mass is 32.2. The zero-order valence-electron chi connectivity index (χ0n) is 15.8. The van der Waals surface area contributed by atoms with Crippen molar-refractivity contribution < 1.29 is 19.1 Å². The van der Waals surface area contributed by atoms with E-state index in [0.717, 1.165) is 22.6 Å². The molecule has 0 unspecified atom stereocenters. The highest BCUT2D eigenvalue weighted by molar-refractivity contribution is 8.02. The molecule has 146 valence electrons. The summed E-state index contributed by atoms with van der Waals surface area (Å²) in [6.45, 7) is 2.76. The summed E-state index contributed by atoms with van der Waals surface area (Å²) >= 11 is 1.54. The lowest BCUT2D eigenvalue weighted by Gasteiger charge is -2.15. The van der Waals surface area contributed by atoms with Crippen molar-refractivity contribution >= 4 is 29.3 Å². The van der Waals surface area contributed by atoms with Crippen LogP contribution in [0.1, 0.15) is 21.5 Å². The second kappa shape index (κ2) is 9.32. The quantitative estimate of drug-likeness (QED) is 0.779. The molecule has 0 aliphatic carbocycles. The Hall–Kier alpha value is -2.93. The minimum atomic E-state index is -0.316. The van der Waals surface area contributed by atoms with Crippen LogP contribution >= 0.6 is 11.8 Å². The van der Waals surface area contributed by atoms with E-state index in [0.29, 0.717) is 30.2 Å². The molecule has 1 heterocycles. The molecule has 6 nitrogen and oxygen atoms in total. The molecular weight excluding hydrogens is 376 g/mol. The molecule has 0 bridgehead atoms. The molecule has 2 aromatic carbocycles. The minimum Gasteiger partial charge on any atom is -0.497 e. The fraction of sp³-hybridized carbons (Fsp3) is 0.238. The molecular formula is C21H22N2O4S. The smallest absolute Gasteiger partial charge is 0.291 e. The summed E-state index contributed by atoms with van der Waals surface area (Å²) in [5.74, 6) is 1.33. The number of methoxy groups -OCH3 is 1. The van der Waals surface area contributed by atoms with E-state index in [4.69, 9.17) is 9.47 Å². The van der Waals surface area contributed by atoms with Gasteiger partial charge in [-0.3, -0.25) is 9.59 Å². The summed E-state index contributed by atoms with van der Waals surface area (Å²) in [5, 5.41) is 7.41. The second-order valence-corrected chi connectivity index (χ2v) is 7.20. The maximum Gasteiger partial charge on any atom is 0.291 e. The molecule has 2 aromatic rings. The minimum absolute atomic E-state index is 0.220. The predicted molar refractivity (Wildman–Crippen MR) is 110 cm³/mol. The Labute approximate surface area is 168 Å². The van der Waals surface area contributed by atoms with Gasteiger partial charge in [-0.1, -0.05) is 18.2 Å². The summed E-state index contributed by atoms with van der Waals surface area (Å²) in [6.07, 6.45) is 0. The summed E-state index contributed by atoms with van der Waals surface area (Å²) in [5.41, 5.74) is 2.85. The number of anilines is 1. The Morgan fingerprint density at radius 2 is 2.04 bits per heavy atom. The largest absolute Gasteiger partial charge is 0.497 e. The van der Waals surface area contributed by atoms with Crippen molar-refractivity contribution in [2.45, 2.75) is 13.5 Å². The average Bonchev–Trinajstić information content (AvgIpc) is 2.74. The summed E-state index contributed by atoms with van der Waals surface area (Å²) < 4.78 is 10.6. The number of ether oxygens (including phenoxy) is 2. The Balaban J connectivity index is 1.66. The monoisotopic (exact) mass is 398 g/mol. The number of hydrogen-bond donors (Lipinski definition) is 2. The van der Waals surface area contributed by atoms with Crippen LogP contribution in [0.2, 0.25) is 0 Å². The molecule has 2 amide bonds. The number of nitrogens with one attached hydrogen (secondary N) is 2. The van der Waals surface area contributed by atoms with Gasteiger partial charge in [0.25, 0.3) is 11.8 Å². The molecule has 7 heteroatoms. The number of rotatable bonds is 6. The number of benzene rings is 2. The number of carbonyl (C=O) groups is 2. The van der Waals surface area contributed by atoms with E-state index in [2.05, 4.69) is 10.6 Å². The standard InChI is InChI=1S/C21H22N2O4S/c1-14-6-7-16(11-18(14)23-21(25)19-13-28-9-8-27-19)20(24)22-12-15-4-3-5-17(10-15)26-2/h3-7,10-11,13H,8-9,12H2,1-2H3,(H,22,24)(H,23,25). The lowest BCUT2D eigenvalue weighted by atomic mass is 10.1. The highest BCUT2D eigenvalue weighted by Gasteiger charge is 2.16. The van der Waals surface area contributed by atoms with Gasteiger partial charge in [0.05, 0.1) is 13.7 Å². The van der Waals surface area contributed by atoms with E-state index >= 15 is 0 Å². The lowest BCUT2D eigenvalue weighted by Crippen LogP contribution is -2.23. The third kappa shape index (κ3) is 5.07. The molecule has 1 aliphatic heterocycles. The fourth-order valence-corrected chi connectivity index (χ4v) is 3.26. The van der Waals surface area contributed by atoms with Gasteiger partial charge in [0, 0.05) is 29.0 Å². The SMILES string of the molecule is COc1cccc(CNC(=O)c2ccc(C)c(NC(=O)C3=CSCCO3)c2)c1. The molecule has 0 saturated heterocycles. The van der Waals surface area contributed by atoms with Crippen molar-refractivity contribution in [2.75, 3.05) is 24.8 Å². The zero-order valence-corrected chi connectivity index (χ0v) is 16.6. The first-order valence-electron chi connectivity index (χ1n) is 8.84. The molecule has 28 heavy (non-hydrogen) atoms. The van der Waals surface area contributed by atoms with Gasteiger partial charge in [-0.05, 0) is 42.3 Å². The van der Waals surface area contributed by atoms with E-state index in [9.17, 15) is 9.59 Å². The summed E-state index contributed by atoms with van der Waals surface area (Å²) in [4.78, 5) is 24.9. The third-order valence-corrected chi connectivity index (χ3v) is 4.99. The van der Waals surface area contributed by atoms with Crippen molar-refractivity contribution in [3.05, 3.63) is 70.3 Å². The van der Waals surface area contributed by atoms with Crippen molar-refractivity contribution in [3.63, 3.8) is 0 Å². The van der Waals surface area contributed by atoms with Gasteiger partial charge in [0.2, 0.25) is 0 Å². The average molecular weight is 398 g/mol. The fourth-order valence-electron chi connectivity index (χ4n) is 2.64. The number of amides is 2. The predicted octanol–water partition coefficient (Wildman–Crippen LogP) is 3.48. The highest BCUT2D eigenvalue weighted by Crippen LogP contribution is 2.21. The second-order valence-electron chi connectivity index (χ2n) is 6.22. The van der Waals surface area contributed by atoms with Crippen molar-refractivity contribution in [1.29, 1.82) is 0 Å². The van der Waals surface area contributed by atoms with Crippen LogP contribution in [0, 0.1) is 6.92 Å². The van der Waals surface area contributed by atoms with E-state index in [-0.39, 0.29) is 11.8 Å². The number of aryl methyl sites for hydroxylation is 1. The van der Waals surface area contributed by atoms with E-state index in [1.165, 1.54) is 0 Å². The Kier molecular flexibility index (Phi) is 6.60. The van der Waals surface area contributed by atoms with Gasteiger partial charge in [-0.25, -0.2) is 0 Å². The molecule has 3 rings (SSSR count). The molecule has 0 radical (unpaired) electrons. The van der Waals surface area contributed by atoms with E-state index in [1.807, 2.05) is 31.2 Å². The molecule has 2 N–H and O–H groups in total. The van der Waals surface area contributed by atoms with Crippen molar-refractivity contribution in [3.8, 4) is 5.75 Å². The first-order chi connectivity index (χ1) is 13.6. The topological polar surface area (TPSA) is 76.7 Å². The van der Waals surface area contributed by atoms with Crippen LogP contribution in [0.25, 0.3) is 0 Å². The zero-order chi connectivity index (χ0) is 19.9. The molecule has 1 aliphatic rings. The first-order valence-corrected chi connectivity index (χ1v) is 9.89. The molecule has 0 aromatic heterocycles. The Morgan fingerprint density at radius 1 is 1.18 bits per heavy atom. The van der Waals surface area contributed by atoms with Crippen molar-refractivity contribution in [2.24, 2.45) is 0 Å². The van der Waals surface area contributed by atoms with Crippen LogP contribution in [-0.4, -0.2) is 31.3 Å². The van der Waals surface area contributed by atoms with Crippen molar-refractivity contribution in [1.82, 2.24) is 5.32 Å². The van der Waals surface area contributed by atoms with Crippen LogP contribution < -0.4 is 15.4 Å². The van der Waals surface area contributed by atoms with Gasteiger partial charge < -0.3 is 20.1 Å². The van der Waals surface area contributed by atoms with Gasteiger partial charge in [-0.15, -0.1) is 11.8 Å². The number of carbonyl (C=O) groups excluding carboxylic acids is 2. The van der Waals surface area contributed by atoms with Gasteiger partial charge in [0.1, 0.15) is 5.75 Å². The molecule has 0 saturated carbocycles. The molecule has 0 spiro atoms. The van der Waals surface area contributed by atoms with Gasteiger partial charge in [0.15, 0.2) is 5.76 Å². The van der Waals surface area contributed by atoms with E-state index < -0.39 is 0 Å². The Bertz CT molecular complexity index is 911. The number of hydrogen-bond acceptors (Lipinski definition) is 5.